The third-order valence-corrected chi connectivity index (χ3v) is 3.48. The molecule has 102 valence electrons. The summed E-state index contributed by atoms with van der Waals surface area (Å²) in [4.78, 5) is 16.5. The van der Waals surface area contributed by atoms with E-state index in [1.54, 1.807) is 0 Å². The van der Waals surface area contributed by atoms with Gasteiger partial charge in [-0.3, -0.25) is 4.68 Å². The Morgan fingerprint density at radius 3 is 2.95 bits per heavy atom. The fourth-order valence-corrected chi connectivity index (χ4v) is 2.45. The van der Waals surface area contributed by atoms with Gasteiger partial charge in [0.25, 0.3) is 0 Å². The zero-order chi connectivity index (χ0) is 13.8. The number of thiazole rings is 1. The van der Waals surface area contributed by atoms with Crippen LogP contribution >= 0.6 is 11.3 Å². The average molecular weight is 280 g/mol. The summed E-state index contributed by atoms with van der Waals surface area (Å²) in [6, 6.07) is 0. The molecular formula is C12H16N4O2S. The van der Waals surface area contributed by atoms with Crippen molar-refractivity contribution in [1.82, 2.24) is 14.8 Å². The second kappa shape index (κ2) is 5.83. The van der Waals surface area contributed by atoms with Crippen LogP contribution in [0, 0.1) is 13.8 Å². The van der Waals surface area contributed by atoms with Crippen molar-refractivity contribution in [1.29, 1.82) is 0 Å². The van der Waals surface area contributed by atoms with Crippen molar-refractivity contribution in [3.8, 4) is 0 Å². The minimum absolute atomic E-state index is 0.380. The summed E-state index contributed by atoms with van der Waals surface area (Å²) in [6.07, 6.45) is 3.80. The highest BCUT2D eigenvalue weighted by atomic mass is 32.1. The van der Waals surface area contributed by atoms with E-state index in [1.165, 1.54) is 18.4 Å². The minimum Gasteiger partial charge on any atom is -0.464 e. The van der Waals surface area contributed by atoms with Gasteiger partial charge in [-0.25, -0.2) is 9.78 Å². The predicted octanol–water partition coefficient (Wildman–Crippen LogP) is 1.86. The molecule has 0 spiro atoms. The Hall–Kier alpha value is -1.89. The van der Waals surface area contributed by atoms with E-state index in [-0.39, 0.29) is 0 Å². The third-order valence-electron chi connectivity index (χ3n) is 2.55. The molecule has 0 aliphatic carbocycles. The van der Waals surface area contributed by atoms with Crippen molar-refractivity contribution in [3.05, 3.63) is 28.5 Å². The lowest BCUT2D eigenvalue weighted by Crippen LogP contribution is -2.11. The molecule has 0 radical (unpaired) electrons. The first-order chi connectivity index (χ1) is 9.10. The number of aromatic nitrogens is 3. The molecule has 2 aromatic rings. The van der Waals surface area contributed by atoms with Crippen LogP contribution in [0.25, 0.3) is 0 Å². The number of anilines is 1. The summed E-state index contributed by atoms with van der Waals surface area (Å²) >= 11 is 1.45. The lowest BCUT2D eigenvalue weighted by molar-refractivity contribution is 0.0594. The van der Waals surface area contributed by atoms with Gasteiger partial charge in [0.15, 0.2) is 10.8 Å². The van der Waals surface area contributed by atoms with Crippen molar-refractivity contribution >= 4 is 22.4 Å². The first kappa shape index (κ1) is 13.5. The maximum Gasteiger partial charge on any atom is 0.357 e. The van der Waals surface area contributed by atoms with Gasteiger partial charge in [-0.05, 0) is 19.4 Å². The van der Waals surface area contributed by atoms with E-state index in [9.17, 15) is 4.79 Å². The van der Waals surface area contributed by atoms with Gasteiger partial charge in [-0.2, -0.15) is 5.10 Å². The molecule has 0 saturated carbocycles. The molecule has 2 rings (SSSR count). The molecule has 0 bridgehead atoms. The summed E-state index contributed by atoms with van der Waals surface area (Å²) in [6.45, 7) is 5.31. The average Bonchev–Trinajstić information content (AvgIpc) is 2.95. The topological polar surface area (TPSA) is 69.0 Å². The van der Waals surface area contributed by atoms with Gasteiger partial charge in [0.2, 0.25) is 0 Å². The SMILES string of the molecule is COC(=O)c1nc(NCCn2cc(C)cn2)sc1C. The molecule has 2 aromatic heterocycles. The van der Waals surface area contributed by atoms with Crippen molar-refractivity contribution in [2.75, 3.05) is 19.0 Å². The number of ether oxygens (including phenoxy) is 1. The molecule has 6 nitrogen and oxygen atoms in total. The molecule has 0 amide bonds. The second-order valence-corrected chi connectivity index (χ2v) is 5.33. The first-order valence-corrected chi connectivity index (χ1v) is 6.70. The van der Waals surface area contributed by atoms with Crippen LogP contribution in [0.2, 0.25) is 0 Å². The number of carbonyl (C=O) groups is 1. The molecule has 0 aromatic carbocycles. The Balaban J connectivity index is 1.91. The number of hydrogen-bond acceptors (Lipinski definition) is 6. The highest BCUT2D eigenvalue weighted by Crippen LogP contribution is 2.22. The molecule has 0 fully saturated rings. The largest absolute Gasteiger partial charge is 0.464 e. The fourth-order valence-electron chi connectivity index (χ4n) is 1.62. The number of aryl methyl sites for hydroxylation is 2. The Morgan fingerprint density at radius 1 is 1.53 bits per heavy atom. The van der Waals surface area contributed by atoms with Crippen molar-refractivity contribution in [2.45, 2.75) is 20.4 Å². The minimum atomic E-state index is -0.399. The summed E-state index contributed by atoms with van der Waals surface area (Å²) in [5.41, 5.74) is 1.52. The number of nitrogens with one attached hydrogen (secondary N) is 1. The summed E-state index contributed by atoms with van der Waals surface area (Å²) < 4.78 is 6.54. The molecule has 19 heavy (non-hydrogen) atoms. The van der Waals surface area contributed by atoms with E-state index < -0.39 is 5.97 Å². The molecular weight excluding hydrogens is 264 g/mol. The van der Waals surface area contributed by atoms with Gasteiger partial charge in [0.05, 0.1) is 19.9 Å². The van der Waals surface area contributed by atoms with Crippen LogP contribution in [0.3, 0.4) is 0 Å². The van der Waals surface area contributed by atoms with E-state index in [0.717, 1.165) is 22.1 Å². The molecule has 0 unspecified atom stereocenters. The van der Waals surface area contributed by atoms with Crippen LogP contribution in [0.4, 0.5) is 5.13 Å². The zero-order valence-corrected chi connectivity index (χ0v) is 12.0. The van der Waals surface area contributed by atoms with Gasteiger partial charge < -0.3 is 10.1 Å². The maximum absolute atomic E-state index is 11.4. The van der Waals surface area contributed by atoms with Crippen LogP contribution in [0.15, 0.2) is 12.4 Å². The first-order valence-electron chi connectivity index (χ1n) is 5.89. The lowest BCUT2D eigenvalue weighted by atomic mass is 10.4. The number of hydrogen-bond donors (Lipinski definition) is 1. The van der Waals surface area contributed by atoms with Crippen molar-refractivity contribution in [2.24, 2.45) is 0 Å². The monoisotopic (exact) mass is 280 g/mol. The zero-order valence-electron chi connectivity index (χ0n) is 11.1. The molecule has 2 heterocycles. The number of rotatable bonds is 5. The molecule has 0 aliphatic rings. The second-order valence-electron chi connectivity index (χ2n) is 4.12. The Morgan fingerprint density at radius 2 is 2.32 bits per heavy atom. The molecule has 1 N–H and O–H groups in total. The van der Waals surface area contributed by atoms with Crippen LogP contribution in [-0.2, 0) is 11.3 Å². The van der Waals surface area contributed by atoms with E-state index in [0.29, 0.717) is 12.2 Å². The van der Waals surface area contributed by atoms with E-state index in [4.69, 9.17) is 0 Å². The van der Waals surface area contributed by atoms with E-state index in [1.807, 2.05) is 30.9 Å². The fraction of sp³-hybridized carbons (Fsp3) is 0.417. The van der Waals surface area contributed by atoms with Crippen LogP contribution < -0.4 is 5.32 Å². The molecule has 7 heteroatoms. The van der Waals surface area contributed by atoms with Gasteiger partial charge in [0.1, 0.15) is 0 Å². The standard InChI is InChI=1S/C12H16N4O2S/c1-8-6-14-16(7-8)5-4-13-12-15-10(9(2)19-12)11(17)18-3/h6-7H,4-5H2,1-3H3,(H,13,15). The Kier molecular flexibility index (Phi) is 4.16. The highest BCUT2D eigenvalue weighted by molar-refractivity contribution is 7.15. The van der Waals surface area contributed by atoms with E-state index in [2.05, 4.69) is 20.1 Å². The summed E-state index contributed by atoms with van der Waals surface area (Å²) in [5.74, 6) is -0.399. The van der Waals surface area contributed by atoms with Gasteiger partial charge in [-0.1, -0.05) is 0 Å². The normalized spacial score (nSPS) is 10.5. The molecule has 0 aliphatic heterocycles. The Bertz CT molecular complexity index is 576. The Labute approximate surface area is 115 Å². The summed E-state index contributed by atoms with van der Waals surface area (Å²) in [7, 11) is 1.36. The van der Waals surface area contributed by atoms with Gasteiger partial charge in [-0.15, -0.1) is 11.3 Å². The van der Waals surface area contributed by atoms with Crippen molar-refractivity contribution < 1.29 is 9.53 Å². The van der Waals surface area contributed by atoms with Crippen molar-refractivity contribution in [3.63, 3.8) is 0 Å². The lowest BCUT2D eigenvalue weighted by Gasteiger charge is -2.02. The molecule has 0 atom stereocenters. The van der Waals surface area contributed by atoms with Crippen LogP contribution in [0.5, 0.6) is 0 Å². The van der Waals surface area contributed by atoms with E-state index >= 15 is 0 Å². The number of nitrogens with zero attached hydrogens (tertiary/aromatic N) is 3. The number of methoxy groups -OCH3 is 1. The predicted molar refractivity (Wildman–Crippen MR) is 73.6 cm³/mol. The van der Waals surface area contributed by atoms with Gasteiger partial charge >= 0.3 is 5.97 Å². The van der Waals surface area contributed by atoms with Crippen LogP contribution in [-0.4, -0.2) is 34.4 Å². The number of carbonyl (C=O) groups excluding carboxylic acids is 1. The summed E-state index contributed by atoms with van der Waals surface area (Å²) in [5, 5.41) is 8.10. The highest BCUT2D eigenvalue weighted by Gasteiger charge is 2.15. The quantitative estimate of drug-likeness (QED) is 0.847. The van der Waals surface area contributed by atoms with Crippen LogP contribution in [0.1, 0.15) is 20.9 Å². The van der Waals surface area contributed by atoms with Gasteiger partial charge in [0, 0.05) is 17.6 Å². The smallest absolute Gasteiger partial charge is 0.357 e. The number of esters is 1. The maximum atomic E-state index is 11.4. The third kappa shape index (κ3) is 3.31. The molecule has 0 saturated heterocycles.